The molecule has 2 heterocycles. The Balaban J connectivity index is 0.000000220. The molecule has 0 fully saturated rings. The van der Waals surface area contributed by atoms with Crippen molar-refractivity contribution in [3.63, 3.8) is 0 Å². The molecule has 2 aromatic heterocycles. The van der Waals surface area contributed by atoms with E-state index >= 15 is 0 Å². The lowest BCUT2D eigenvalue weighted by Crippen LogP contribution is -2.00. The Morgan fingerprint density at radius 2 is 1.15 bits per heavy atom. The van der Waals surface area contributed by atoms with E-state index in [9.17, 15) is 9.90 Å². The molecule has 40 heavy (non-hydrogen) atoms. The lowest BCUT2D eigenvalue weighted by atomic mass is 10.2. The van der Waals surface area contributed by atoms with Crippen molar-refractivity contribution in [3.8, 4) is 23.3 Å². The molecule has 2 aromatic carbocycles. The summed E-state index contributed by atoms with van der Waals surface area (Å²) in [5.41, 5.74) is 2.71. The van der Waals surface area contributed by atoms with Crippen molar-refractivity contribution in [1.82, 2.24) is 19.6 Å². The monoisotopic (exact) mass is 626 g/mol. The average molecular weight is 628 g/mol. The van der Waals surface area contributed by atoms with Crippen molar-refractivity contribution in [2.45, 2.75) is 60.2 Å². The summed E-state index contributed by atoms with van der Waals surface area (Å²) < 4.78 is 15.1. The third-order valence-electron chi connectivity index (χ3n) is 5.78. The molecule has 4 rings (SSSR count). The summed E-state index contributed by atoms with van der Waals surface area (Å²) in [4.78, 5) is 11.1. The molecular weight excluding hydrogens is 598 g/mol. The first-order valence-electron chi connectivity index (χ1n) is 12.7. The SMILES string of the molecule is CCc1c(C=O)nn(CC)c1Oc1cc(Cl)cc(Cl)c1.CCc1c(CO)nn(CC)c1Oc1cc(Cl)cc(Cl)c1. The average Bonchev–Trinajstić information content (AvgIpc) is 3.43. The Bertz CT molecular complexity index is 1430. The van der Waals surface area contributed by atoms with Crippen LogP contribution in [-0.4, -0.2) is 31.0 Å². The molecule has 12 heteroatoms. The minimum absolute atomic E-state index is 0.108. The van der Waals surface area contributed by atoms with Crippen LogP contribution in [0, 0.1) is 0 Å². The summed E-state index contributed by atoms with van der Waals surface area (Å²) in [6.45, 7) is 8.98. The van der Waals surface area contributed by atoms with Crippen LogP contribution in [0.1, 0.15) is 55.0 Å². The summed E-state index contributed by atoms with van der Waals surface area (Å²) in [6, 6.07) is 10.00. The molecule has 0 radical (unpaired) electrons. The number of carbonyl (C=O) groups excluding carboxylic acids is 1. The number of aldehydes is 1. The van der Waals surface area contributed by atoms with Gasteiger partial charge in [0.25, 0.3) is 0 Å². The van der Waals surface area contributed by atoms with E-state index in [1.54, 1.807) is 45.8 Å². The largest absolute Gasteiger partial charge is 0.439 e. The Labute approximate surface area is 253 Å². The fraction of sp³-hybridized carbons (Fsp3) is 0.321. The van der Waals surface area contributed by atoms with Crippen LogP contribution in [0.2, 0.25) is 20.1 Å². The van der Waals surface area contributed by atoms with Crippen molar-refractivity contribution in [2.24, 2.45) is 0 Å². The first kappa shape index (κ1) is 31.8. The summed E-state index contributed by atoms with van der Waals surface area (Å²) in [7, 11) is 0. The maximum Gasteiger partial charge on any atom is 0.221 e. The van der Waals surface area contributed by atoms with Gasteiger partial charge in [-0.1, -0.05) is 60.3 Å². The molecule has 0 aliphatic rings. The summed E-state index contributed by atoms with van der Waals surface area (Å²) in [5.74, 6) is 2.24. The van der Waals surface area contributed by atoms with Gasteiger partial charge in [-0.3, -0.25) is 4.79 Å². The maximum absolute atomic E-state index is 11.1. The highest BCUT2D eigenvalue weighted by atomic mass is 35.5. The molecule has 0 aliphatic carbocycles. The maximum atomic E-state index is 11.1. The summed E-state index contributed by atoms with van der Waals surface area (Å²) in [6.07, 6.45) is 2.11. The number of carbonyl (C=O) groups is 1. The number of rotatable bonds is 10. The Hall–Kier alpha value is -2.75. The zero-order chi connectivity index (χ0) is 29.4. The molecule has 214 valence electrons. The van der Waals surface area contributed by atoms with E-state index in [1.807, 2.05) is 27.7 Å². The van der Waals surface area contributed by atoms with E-state index in [0.717, 1.165) is 23.8 Å². The van der Waals surface area contributed by atoms with E-state index in [-0.39, 0.29) is 6.61 Å². The second-order valence-corrected chi connectivity index (χ2v) is 10.2. The van der Waals surface area contributed by atoms with Crippen LogP contribution >= 0.6 is 46.4 Å². The summed E-state index contributed by atoms with van der Waals surface area (Å²) >= 11 is 23.8. The quantitative estimate of drug-likeness (QED) is 0.177. The third kappa shape index (κ3) is 7.71. The minimum Gasteiger partial charge on any atom is -0.439 e. The van der Waals surface area contributed by atoms with Crippen LogP contribution in [0.15, 0.2) is 36.4 Å². The van der Waals surface area contributed by atoms with E-state index in [1.165, 1.54) is 0 Å². The van der Waals surface area contributed by atoms with E-state index in [4.69, 9.17) is 55.9 Å². The van der Waals surface area contributed by atoms with Gasteiger partial charge >= 0.3 is 0 Å². The van der Waals surface area contributed by atoms with Crippen LogP contribution in [0.4, 0.5) is 0 Å². The highest BCUT2D eigenvalue weighted by Crippen LogP contribution is 2.33. The van der Waals surface area contributed by atoms with Gasteiger partial charge in [-0.05, 0) is 63.1 Å². The van der Waals surface area contributed by atoms with E-state index in [0.29, 0.717) is 74.2 Å². The van der Waals surface area contributed by atoms with Gasteiger partial charge in [0.2, 0.25) is 11.8 Å². The van der Waals surface area contributed by atoms with Crippen molar-refractivity contribution in [2.75, 3.05) is 0 Å². The lowest BCUT2D eigenvalue weighted by molar-refractivity contribution is 0.111. The smallest absolute Gasteiger partial charge is 0.221 e. The van der Waals surface area contributed by atoms with Crippen LogP contribution in [0.5, 0.6) is 23.3 Å². The molecule has 0 unspecified atom stereocenters. The highest BCUT2D eigenvalue weighted by molar-refractivity contribution is 6.35. The fourth-order valence-corrected chi connectivity index (χ4v) is 5.01. The molecular formula is C28H30Cl4N4O4. The third-order valence-corrected chi connectivity index (χ3v) is 6.65. The van der Waals surface area contributed by atoms with Gasteiger partial charge in [-0.2, -0.15) is 10.2 Å². The van der Waals surface area contributed by atoms with Gasteiger partial charge in [0.05, 0.1) is 12.3 Å². The predicted molar refractivity (Wildman–Crippen MR) is 159 cm³/mol. The molecule has 0 atom stereocenters. The molecule has 0 amide bonds. The molecule has 0 bridgehead atoms. The number of hydrogen-bond donors (Lipinski definition) is 1. The molecule has 4 aromatic rings. The molecule has 8 nitrogen and oxygen atoms in total. The Morgan fingerprint density at radius 1 is 0.725 bits per heavy atom. The van der Waals surface area contributed by atoms with Crippen LogP contribution in [0.3, 0.4) is 0 Å². The molecule has 0 saturated carbocycles. The number of ether oxygens (including phenoxy) is 2. The number of nitrogens with zero attached hydrogens (tertiary/aromatic N) is 4. The van der Waals surface area contributed by atoms with Gasteiger partial charge in [-0.15, -0.1) is 0 Å². The normalized spacial score (nSPS) is 10.7. The van der Waals surface area contributed by atoms with Crippen LogP contribution in [-0.2, 0) is 32.5 Å². The number of aromatic nitrogens is 4. The Morgan fingerprint density at radius 3 is 1.52 bits per heavy atom. The first-order chi connectivity index (χ1) is 19.2. The van der Waals surface area contributed by atoms with Crippen LogP contribution in [0.25, 0.3) is 0 Å². The van der Waals surface area contributed by atoms with Crippen molar-refractivity contribution in [1.29, 1.82) is 0 Å². The number of aryl methyl sites for hydroxylation is 2. The topological polar surface area (TPSA) is 91.4 Å². The molecule has 0 spiro atoms. The predicted octanol–water partition coefficient (Wildman–Crippen LogP) is 8.43. The second kappa shape index (κ2) is 14.8. The number of hydrogen-bond acceptors (Lipinski definition) is 6. The first-order valence-corrected chi connectivity index (χ1v) is 14.2. The zero-order valence-electron chi connectivity index (χ0n) is 22.5. The standard InChI is InChI=1S/C14H16Cl2N2O2.C14H14Cl2N2O2/c2*1-3-12-13(8-19)17-18(4-2)14(12)20-11-6-9(15)5-10(16)7-11/h5-7,19H,3-4,8H2,1-2H3;5-8H,3-4H2,1-2H3. The van der Waals surface area contributed by atoms with Crippen molar-refractivity contribution < 1.29 is 19.4 Å². The van der Waals surface area contributed by atoms with Crippen molar-refractivity contribution in [3.05, 3.63) is 79.0 Å². The number of aliphatic hydroxyl groups excluding tert-OH is 1. The van der Waals surface area contributed by atoms with Crippen molar-refractivity contribution >= 4 is 52.7 Å². The molecule has 1 N–H and O–H groups in total. The molecule has 0 saturated heterocycles. The minimum atomic E-state index is -0.108. The highest BCUT2D eigenvalue weighted by Gasteiger charge is 2.19. The van der Waals surface area contributed by atoms with Crippen LogP contribution < -0.4 is 9.47 Å². The van der Waals surface area contributed by atoms with Gasteiger partial charge in [0.1, 0.15) is 17.2 Å². The lowest BCUT2D eigenvalue weighted by Gasteiger charge is -2.10. The van der Waals surface area contributed by atoms with Gasteiger partial charge in [0.15, 0.2) is 6.29 Å². The summed E-state index contributed by atoms with van der Waals surface area (Å²) in [5, 5.41) is 19.9. The van der Waals surface area contributed by atoms with E-state index in [2.05, 4.69) is 10.2 Å². The van der Waals surface area contributed by atoms with Gasteiger partial charge < -0.3 is 14.6 Å². The second-order valence-electron chi connectivity index (χ2n) is 8.43. The Kier molecular flexibility index (Phi) is 11.7. The van der Waals surface area contributed by atoms with E-state index < -0.39 is 0 Å². The number of halogens is 4. The van der Waals surface area contributed by atoms with Gasteiger partial charge in [-0.25, -0.2) is 9.36 Å². The zero-order valence-corrected chi connectivity index (χ0v) is 25.6. The molecule has 0 aliphatic heterocycles. The number of aliphatic hydroxyl groups is 1. The fourth-order valence-electron chi connectivity index (χ4n) is 4.00. The van der Waals surface area contributed by atoms with Gasteiger partial charge in [0, 0.05) is 44.3 Å². The number of benzene rings is 2.